The maximum Gasteiger partial charge on any atom is 0.0522 e. The van der Waals surface area contributed by atoms with E-state index in [2.05, 4.69) is 51.1 Å². The van der Waals surface area contributed by atoms with Gasteiger partial charge in [0, 0.05) is 18.8 Å². The Labute approximate surface area is 115 Å². The van der Waals surface area contributed by atoms with E-state index in [-0.39, 0.29) is 6.04 Å². The summed E-state index contributed by atoms with van der Waals surface area (Å²) < 4.78 is 1.94. The van der Waals surface area contributed by atoms with Crippen molar-refractivity contribution in [3.05, 3.63) is 52.3 Å². The zero-order chi connectivity index (χ0) is 14.0. The molecule has 1 aromatic heterocycles. The standard InChI is InChI=1S/C16H23N3/c1-5-19-10-14(9-18-19)8-15(17)16-12(3)6-11(2)7-13(16)4/h6-7,9-10,15H,5,8,17H2,1-4H3. The van der Waals surface area contributed by atoms with Gasteiger partial charge >= 0.3 is 0 Å². The number of benzene rings is 1. The van der Waals surface area contributed by atoms with Gasteiger partial charge in [0.2, 0.25) is 0 Å². The minimum Gasteiger partial charge on any atom is -0.324 e. The van der Waals surface area contributed by atoms with Crippen molar-refractivity contribution < 1.29 is 0 Å². The molecule has 2 N–H and O–H groups in total. The number of aromatic nitrogens is 2. The predicted octanol–water partition coefficient (Wildman–Crippen LogP) is 3.07. The van der Waals surface area contributed by atoms with Gasteiger partial charge in [0.15, 0.2) is 0 Å². The van der Waals surface area contributed by atoms with Crippen molar-refractivity contribution in [2.24, 2.45) is 5.73 Å². The third kappa shape index (κ3) is 3.04. The molecule has 1 heterocycles. The van der Waals surface area contributed by atoms with Crippen LogP contribution in [0.3, 0.4) is 0 Å². The average molecular weight is 257 g/mol. The van der Waals surface area contributed by atoms with Gasteiger partial charge < -0.3 is 5.73 Å². The Kier molecular flexibility index (Phi) is 4.05. The maximum absolute atomic E-state index is 6.39. The first-order chi connectivity index (χ1) is 9.01. The van der Waals surface area contributed by atoms with Crippen LogP contribution in [-0.2, 0) is 13.0 Å². The number of nitrogens with zero attached hydrogens (tertiary/aromatic N) is 2. The van der Waals surface area contributed by atoms with E-state index in [0.29, 0.717) is 0 Å². The number of hydrogen-bond donors (Lipinski definition) is 1. The van der Waals surface area contributed by atoms with Gasteiger partial charge in [0.25, 0.3) is 0 Å². The molecule has 0 bridgehead atoms. The second-order valence-corrected chi connectivity index (χ2v) is 5.33. The Hall–Kier alpha value is -1.61. The van der Waals surface area contributed by atoms with Crippen LogP contribution in [0.5, 0.6) is 0 Å². The Morgan fingerprint density at radius 3 is 2.37 bits per heavy atom. The summed E-state index contributed by atoms with van der Waals surface area (Å²) in [6.07, 6.45) is 4.84. The normalized spacial score (nSPS) is 12.7. The molecule has 0 saturated carbocycles. The second-order valence-electron chi connectivity index (χ2n) is 5.33. The molecule has 102 valence electrons. The average Bonchev–Trinajstić information content (AvgIpc) is 2.75. The molecule has 0 aliphatic rings. The third-order valence-corrected chi connectivity index (χ3v) is 3.58. The van der Waals surface area contributed by atoms with Gasteiger partial charge in [-0.3, -0.25) is 4.68 Å². The fraction of sp³-hybridized carbons (Fsp3) is 0.438. The largest absolute Gasteiger partial charge is 0.324 e. The van der Waals surface area contributed by atoms with Crippen LogP contribution in [-0.4, -0.2) is 9.78 Å². The molecule has 0 aliphatic heterocycles. The Morgan fingerprint density at radius 2 is 1.84 bits per heavy atom. The van der Waals surface area contributed by atoms with Gasteiger partial charge in [-0.15, -0.1) is 0 Å². The van der Waals surface area contributed by atoms with Crippen molar-refractivity contribution in [3.63, 3.8) is 0 Å². The van der Waals surface area contributed by atoms with Crippen LogP contribution in [0.15, 0.2) is 24.5 Å². The number of nitrogens with two attached hydrogens (primary N) is 1. The molecule has 1 unspecified atom stereocenters. The van der Waals surface area contributed by atoms with Crippen LogP contribution in [0.4, 0.5) is 0 Å². The molecule has 0 aliphatic carbocycles. The minimum absolute atomic E-state index is 0.0371. The summed E-state index contributed by atoms with van der Waals surface area (Å²) in [6, 6.07) is 4.45. The monoisotopic (exact) mass is 257 g/mol. The van der Waals surface area contributed by atoms with Crippen molar-refractivity contribution in [2.45, 2.75) is 46.7 Å². The Balaban J connectivity index is 2.22. The van der Waals surface area contributed by atoms with Gasteiger partial charge in [0.05, 0.1) is 6.20 Å². The molecule has 3 heteroatoms. The SMILES string of the molecule is CCn1cc(CC(N)c2c(C)cc(C)cc2C)cn1. The highest BCUT2D eigenvalue weighted by Gasteiger charge is 2.14. The van der Waals surface area contributed by atoms with Crippen molar-refractivity contribution in [1.82, 2.24) is 9.78 Å². The predicted molar refractivity (Wildman–Crippen MR) is 79.2 cm³/mol. The van der Waals surface area contributed by atoms with Crippen LogP contribution in [0.25, 0.3) is 0 Å². The molecular formula is C16H23N3. The highest BCUT2D eigenvalue weighted by atomic mass is 15.3. The Bertz CT molecular complexity index is 546. The fourth-order valence-electron chi connectivity index (χ4n) is 2.82. The van der Waals surface area contributed by atoms with E-state index < -0.39 is 0 Å². The minimum atomic E-state index is 0.0371. The lowest BCUT2D eigenvalue weighted by molar-refractivity contribution is 0.657. The molecular weight excluding hydrogens is 234 g/mol. The second kappa shape index (κ2) is 5.57. The molecule has 1 aromatic carbocycles. The van der Waals surface area contributed by atoms with E-state index in [1.165, 1.54) is 27.8 Å². The van der Waals surface area contributed by atoms with Gasteiger partial charge in [-0.1, -0.05) is 17.7 Å². The molecule has 0 spiro atoms. The number of aryl methyl sites for hydroxylation is 4. The zero-order valence-electron chi connectivity index (χ0n) is 12.3. The van der Waals surface area contributed by atoms with Crippen molar-refractivity contribution in [3.8, 4) is 0 Å². The van der Waals surface area contributed by atoms with E-state index in [0.717, 1.165) is 13.0 Å². The summed E-state index contributed by atoms with van der Waals surface area (Å²) >= 11 is 0. The molecule has 2 rings (SSSR count). The van der Waals surface area contributed by atoms with Gasteiger partial charge in [-0.2, -0.15) is 5.10 Å². The van der Waals surface area contributed by atoms with Crippen molar-refractivity contribution in [1.29, 1.82) is 0 Å². The molecule has 0 saturated heterocycles. The van der Waals surface area contributed by atoms with E-state index in [9.17, 15) is 0 Å². The molecule has 0 fully saturated rings. The quantitative estimate of drug-likeness (QED) is 0.914. The summed E-state index contributed by atoms with van der Waals surface area (Å²) in [5.41, 5.74) is 12.7. The highest BCUT2D eigenvalue weighted by molar-refractivity contribution is 5.40. The van der Waals surface area contributed by atoms with Crippen LogP contribution in [0, 0.1) is 20.8 Å². The molecule has 2 aromatic rings. The smallest absolute Gasteiger partial charge is 0.0522 e. The van der Waals surface area contributed by atoms with Crippen LogP contribution >= 0.6 is 0 Å². The molecule has 0 radical (unpaired) electrons. The number of rotatable bonds is 4. The van der Waals surface area contributed by atoms with Gasteiger partial charge in [-0.05, 0) is 56.4 Å². The lowest BCUT2D eigenvalue weighted by atomic mass is 9.92. The van der Waals surface area contributed by atoms with Crippen LogP contribution in [0.2, 0.25) is 0 Å². The van der Waals surface area contributed by atoms with Gasteiger partial charge in [-0.25, -0.2) is 0 Å². The summed E-state index contributed by atoms with van der Waals surface area (Å²) in [5.74, 6) is 0. The van der Waals surface area contributed by atoms with Gasteiger partial charge in [0.1, 0.15) is 0 Å². The lowest BCUT2D eigenvalue weighted by Crippen LogP contribution is -2.16. The van der Waals surface area contributed by atoms with E-state index in [1.807, 2.05) is 10.9 Å². The first kappa shape index (κ1) is 13.8. The van der Waals surface area contributed by atoms with Crippen molar-refractivity contribution in [2.75, 3.05) is 0 Å². The first-order valence-electron chi connectivity index (χ1n) is 6.86. The fourth-order valence-corrected chi connectivity index (χ4v) is 2.82. The summed E-state index contributed by atoms with van der Waals surface area (Å²) in [6.45, 7) is 9.40. The molecule has 3 nitrogen and oxygen atoms in total. The summed E-state index contributed by atoms with van der Waals surface area (Å²) in [4.78, 5) is 0. The first-order valence-corrected chi connectivity index (χ1v) is 6.86. The van der Waals surface area contributed by atoms with E-state index in [4.69, 9.17) is 5.73 Å². The van der Waals surface area contributed by atoms with Crippen LogP contribution < -0.4 is 5.73 Å². The lowest BCUT2D eigenvalue weighted by Gasteiger charge is -2.18. The van der Waals surface area contributed by atoms with Crippen LogP contribution in [0.1, 0.15) is 40.8 Å². The molecule has 19 heavy (non-hydrogen) atoms. The van der Waals surface area contributed by atoms with E-state index in [1.54, 1.807) is 0 Å². The zero-order valence-corrected chi connectivity index (χ0v) is 12.3. The number of hydrogen-bond acceptors (Lipinski definition) is 2. The summed E-state index contributed by atoms with van der Waals surface area (Å²) in [7, 11) is 0. The third-order valence-electron chi connectivity index (χ3n) is 3.58. The highest BCUT2D eigenvalue weighted by Crippen LogP contribution is 2.24. The Morgan fingerprint density at radius 1 is 1.21 bits per heavy atom. The maximum atomic E-state index is 6.39. The van der Waals surface area contributed by atoms with E-state index >= 15 is 0 Å². The topological polar surface area (TPSA) is 43.8 Å². The molecule has 0 amide bonds. The molecule has 1 atom stereocenters. The summed E-state index contributed by atoms with van der Waals surface area (Å²) in [5, 5.41) is 4.30. The van der Waals surface area contributed by atoms with Crippen molar-refractivity contribution >= 4 is 0 Å².